The number of H-pyrrole nitrogens is 1. The SMILES string of the molecule is C=C(N1CCN(C(=O)C(=O)c2c[nH]c3c(-n4ccnn4)ncc(OC)c23)CC1)C12CC3CC(CC(C3)C1)C2. The maximum atomic E-state index is 13.5. The number of fused-ring (bicyclic) bond motifs is 1. The van der Waals surface area contributed by atoms with Gasteiger partial charge in [0.2, 0.25) is 0 Å². The zero-order chi connectivity index (χ0) is 26.0. The molecule has 1 aliphatic heterocycles. The maximum absolute atomic E-state index is 13.5. The van der Waals surface area contributed by atoms with Gasteiger partial charge in [0.05, 0.1) is 42.2 Å². The highest BCUT2D eigenvalue weighted by atomic mass is 16.5. The Labute approximate surface area is 221 Å². The molecular formula is C28H33N7O3. The summed E-state index contributed by atoms with van der Waals surface area (Å²) in [7, 11) is 1.52. The Morgan fingerprint density at radius 1 is 1.05 bits per heavy atom. The highest BCUT2D eigenvalue weighted by Gasteiger charge is 2.53. The third-order valence-electron chi connectivity index (χ3n) is 9.55. The maximum Gasteiger partial charge on any atom is 0.295 e. The molecule has 0 aromatic carbocycles. The van der Waals surface area contributed by atoms with Gasteiger partial charge in [0.25, 0.3) is 11.7 Å². The number of hydrogen-bond acceptors (Lipinski definition) is 7. The van der Waals surface area contributed by atoms with Crippen LogP contribution >= 0.6 is 0 Å². The van der Waals surface area contributed by atoms with Crippen molar-refractivity contribution < 1.29 is 14.3 Å². The molecule has 8 rings (SSSR count). The number of ether oxygens (including phenoxy) is 1. The predicted octanol–water partition coefficient (Wildman–Crippen LogP) is 3.21. The van der Waals surface area contributed by atoms with Crippen LogP contribution in [0.4, 0.5) is 0 Å². The summed E-state index contributed by atoms with van der Waals surface area (Å²) in [5, 5.41) is 8.36. The second kappa shape index (κ2) is 8.68. The Kier molecular flexibility index (Phi) is 5.35. The van der Waals surface area contributed by atoms with Gasteiger partial charge in [-0.25, -0.2) is 9.67 Å². The fourth-order valence-electron chi connectivity index (χ4n) is 8.17. The van der Waals surface area contributed by atoms with E-state index in [2.05, 4.69) is 31.8 Å². The smallest absolute Gasteiger partial charge is 0.295 e. The molecule has 5 aliphatic rings. The summed E-state index contributed by atoms with van der Waals surface area (Å²) in [6.45, 7) is 7.09. The summed E-state index contributed by atoms with van der Waals surface area (Å²) in [6.07, 6.45) is 14.4. The highest BCUT2D eigenvalue weighted by molar-refractivity contribution is 6.45. The fraction of sp³-hybridized carbons (Fsp3) is 0.536. The number of carbonyl (C=O) groups is 2. The number of ketones is 1. The molecule has 4 saturated carbocycles. The molecule has 4 bridgehead atoms. The minimum atomic E-state index is -0.557. The lowest BCUT2D eigenvalue weighted by molar-refractivity contribution is -0.128. The molecule has 0 unspecified atom stereocenters. The lowest BCUT2D eigenvalue weighted by atomic mass is 9.48. The van der Waals surface area contributed by atoms with Crippen molar-refractivity contribution in [2.75, 3.05) is 33.3 Å². The quantitative estimate of drug-likeness (QED) is 0.397. The average Bonchev–Trinajstić information content (AvgIpc) is 3.62. The second-order valence-electron chi connectivity index (χ2n) is 11.7. The molecule has 0 radical (unpaired) electrons. The standard InChI is InChI=1S/C28H33N7O3/c1-17(28-12-18-9-19(13-28)11-20(10-18)14-28)33-5-7-34(8-6-33)27(37)25(36)21-15-29-24-23(21)22(38-2)16-30-26(24)35-4-3-31-32-35/h3-4,15-16,18-20,29H,1,5-14H2,2H3. The molecule has 1 N–H and O–H groups in total. The van der Waals surface area contributed by atoms with E-state index in [1.165, 1.54) is 62.2 Å². The molecule has 4 heterocycles. The number of methoxy groups -OCH3 is 1. The Balaban J connectivity index is 1.08. The molecule has 38 heavy (non-hydrogen) atoms. The van der Waals surface area contributed by atoms with E-state index >= 15 is 0 Å². The first-order chi connectivity index (χ1) is 18.5. The molecule has 10 heteroatoms. The number of aromatic amines is 1. The van der Waals surface area contributed by atoms with E-state index in [1.807, 2.05) is 0 Å². The average molecular weight is 516 g/mol. The van der Waals surface area contributed by atoms with Crippen molar-refractivity contribution in [2.45, 2.75) is 38.5 Å². The van der Waals surface area contributed by atoms with E-state index in [4.69, 9.17) is 4.74 Å². The van der Waals surface area contributed by atoms with Crippen LogP contribution in [-0.4, -0.2) is 79.7 Å². The minimum absolute atomic E-state index is 0.257. The minimum Gasteiger partial charge on any atom is -0.494 e. The van der Waals surface area contributed by atoms with Crippen molar-refractivity contribution in [1.29, 1.82) is 0 Å². The first-order valence-corrected chi connectivity index (χ1v) is 13.6. The van der Waals surface area contributed by atoms with Crippen LogP contribution in [0.5, 0.6) is 5.75 Å². The molecular weight excluding hydrogens is 482 g/mol. The van der Waals surface area contributed by atoms with Gasteiger partial charge in [-0.15, -0.1) is 5.10 Å². The van der Waals surface area contributed by atoms with E-state index in [0.29, 0.717) is 35.6 Å². The lowest BCUT2D eigenvalue weighted by Crippen LogP contribution is -2.54. The van der Waals surface area contributed by atoms with Crippen LogP contribution in [0.25, 0.3) is 16.7 Å². The largest absolute Gasteiger partial charge is 0.494 e. The van der Waals surface area contributed by atoms with Gasteiger partial charge in [0.1, 0.15) is 5.75 Å². The van der Waals surface area contributed by atoms with Gasteiger partial charge >= 0.3 is 0 Å². The molecule has 10 nitrogen and oxygen atoms in total. The molecule has 0 atom stereocenters. The molecule has 198 valence electrons. The van der Waals surface area contributed by atoms with Gasteiger partial charge in [-0.05, 0) is 56.3 Å². The van der Waals surface area contributed by atoms with E-state index in [9.17, 15) is 9.59 Å². The molecule has 1 amide bonds. The first kappa shape index (κ1) is 23.4. The summed E-state index contributed by atoms with van der Waals surface area (Å²) >= 11 is 0. The monoisotopic (exact) mass is 515 g/mol. The van der Waals surface area contributed by atoms with Crippen molar-refractivity contribution in [3.05, 3.63) is 42.6 Å². The number of carbonyl (C=O) groups excluding carboxylic acids is 2. The van der Waals surface area contributed by atoms with Crippen LogP contribution in [-0.2, 0) is 4.79 Å². The van der Waals surface area contributed by atoms with Crippen LogP contribution < -0.4 is 4.74 Å². The first-order valence-electron chi connectivity index (χ1n) is 13.6. The summed E-state index contributed by atoms with van der Waals surface area (Å²) in [5.74, 6) is 2.44. The normalized spacial score (nSPS) is 28.2. The molecule has 3 aromatic heterocycles. The summed E-state index contributed by atoms with van der Waals surface area (Å²) < 4.78 is 7.00. The van der Waals surface area contributed by atoms with Gasteiger partial charge in [0, 0.05) is 43.5 Å². The Morgan fingerprint density at radius 2 is 1.71 bits per heavy atom. The van der Waals surface area contributed by atoms with E-state index in [1.54, 1.807) is 23.5 Å². The van der Waals surface area contributed by atoms with Crippen LogP contribution in [0.3, 0.4) is 0 Å². The van der Waals surface area contributed by atoms with Crippen LogP contribution in [0.2, 0.25) is 0 Å². The number of Topliss-reactive ketones (excluding diaryl/α,β-unsaturated/α-hetero) is 1. The summed E-state index contributed by atoms with van der Waals surface area (Å²) in [6, 6.07) is 0. The third-order valence-corrected chi connectivity index (χ3v) is 9.55. The number of aromatic nitrogens is 5. The number of nitrogens with zero attached hydrogens (tertiary/aromatic N) is 6. The Hall–Kier alpha value is -3.69. The van der Waals surface area contributed by atoms with E-state index in [-0.39, 0.29) is 11.0 Å². The number of allylic oxidation sites excluding steroid dienone is 1. The number of rotatable bonds is 6. The van der Waals surface area contributed by atoms with Crippen LogP contribution in [0.1, 0.15) is 48.9 Å². The lowest BCUT2D eigenvalue weighted by Gasteiger charge is -2.59. The number of amides is 1. The summed E-state index contributed by atoms with van der Waals surface area (Å²) in [5.41, 5.74) is 2.37. The van der Waals surface area contributed by atoms with Crippen LogP contribution in [0, 0.1) is 23.2 Å². The predicted molar refractivity (Wildman–Crippen MR) is 140 cm³/mol. The molecule has 3 aromatic rings. The van der Waals surface area contributed by atoms with Gasteiger partial charge in [-0.1, -0.05) is 11.8 Å². The van der Waals surface area contributed by atoms with Gasteiger partial charge in [-0.2, -0.15) is 0 Å². The van der Waals surface area contributed by atoms with Crippen LogP contribution in [0.15, 0.2) is 37.1 Å². The van der Waals surface area contributed by atoms with Gasteiger partial charge < -0.3 is 19.5 Å². The molecule has 5 fully saturated rings. The number of piperazine rings is 1. The van der Waals surface area contributed by atoms with Gasteiger partial charge in [0.15, 0.2) is 5.82 Å². The number of hydrogen-bond donors (Lipinski definition) is 1. The summed E-state index contributed by atoms with van der Waals surface area (Å²) in [4.78, 5) is 38.4. The van der Waals surface area contributed by atoms with Crippen molar-refractivity contribution >= 4 is 22.6 Å². The highest BCUT2D eigenvalue weighted by Crippen LogP contribution is 2.62. The van der Waals surface area contributed by atoms with Crippen molar-refractivity contribution in [1.82, 2.24) is 34.8 Å². The number of nitrogens with one attached hydrogen (secondary N) is 1. The number of pyridine rings is 1. The molecule has 0 spiro atoms. The Morgan fingerprint density at radius 3 is 2.32 bits per heavy atom. The van der Waals surface area contributed by atoms with Crippen molar-refractivity contribution in [2.24, 2.45) is 23.2 Å². The fourth-order valence-corrected chi connectivity index (χ4v) is 8.17. The second-order valence-corrected chi connectivity index (χ2v) is 11.7. The zero-order valence-corrected chi connectivity index (χ0v) is 21.7. The van der Waals surface area contributed by atoms with Gasteiger partial charge in [-0.3, -0.25) is 9.59 Å². The zero-order valence-electron chi connectivity index (χ0n) is 21.7. The van der Waals surface area contributed by atoms with E-state index < -0.39 is 11.7 Å². The van der Waals surface area contributed by atoms with Crippen molar-refractivity contribution in [3.63, 3.8) is 0 Å². The molecule has 1 saturated heterocycles. The molecule has 4 aliphatic carbocycles. The Bertz CT molecular complexity index is 1380. The topological polar surface area (TPSA) is 109 Å². The third kappa shape index (κ3) is 3.56. The van der Waals surface area contributed by atoms with Crippen molar-refractivity contribution in [3.8, 4) is 11.6 Å². The van der Waals surface area contributed by atoms with E-state index in [0.717, 1.165) is 30.8 Å².